The molecule has 1 unspecified atom stereocenters. The average molecular weight is 189 g/mol. The van der Waals surface area contributed by atoms with Gasteiger partial charge in [0.15, 0.2) is 0 Å². The predicted octanol–water partition coefficient (Wildman–Crippen LogP) is 1.03. The van der Waals surface area contributed by atoms with E-state index in [-0.39, 0.29) is 5.82 Å². The van der Waals surface area contributed by atoms with E-state index in [1.807, 2.05) is 13.8 Å². The zero-order valence-electron chi connectivity index (χ0n) is 7.43. The minimum atomic E-state index is -0.784. The van der Waals surface area contributed by atoms with Crippen LogP contribution < -0.4 is 11.2 Å². The standard InChI is InChI=1S/C5H7FN3P.C2H6/c1-2-3(7)8-5(6)9-4(2)10;1-2/h10H2,1H3,(H2,7,8,9);1-2H3. The van der Waals surface area contributed by atoms with Gasteiger partial charge in [0.05, 0.1) is 5.44 Å². The number of anilines is 1. The van der Waals surface area contributed by atoms with Gasteiger partial charge in [0.25, 0.3) is 0 Å². The van der Waals surface area contributed by atoms with Crippen molar-refractivity contribution >= 4 is 20.5 Å². The van der Waals surface area contributed by atoms with Crippen LogP contribution in [0.2, 0.25) is 0 Å². The fraction of sp³-hybridized carbons (Fsp3) is 0.429. The SMILES string of the molecule is CC.Cc1c(N)nc(F)nc1P. The first-order valence-electron chi connectivity index (χ1n) is 3.66. The van der Waals surface area contributed by atoms with E-state index in [4.69, 9.17) is 5.73 Å². The summed E-state index contributed by atoms with van der Waals surface area (Å²) in [6.45, 7) is 5.73. The molecule has 0 spiro atoms. The molecule has 0 aliphatic carbocycles. The van der Waals surface area contributed by atoms with E-state index in [1.54, 1.807) is 6.92 Å². The third kappa shape index (κ3) is 2.70. The van der Waals surface area contributed by atoms with Gasteiger partial charge in [-0.25, -0.2) is 4.98 Å². The van der Waals surface area contributed by atoms with Crippen LogP contribution in [-0.2, 0) is 0 Å². The lowest BCUT2D eigenvalue weighted by Crippen LogP contribution is -2.11. The van der Waals surface area contributed by atoms with Crippen LogP contribution in [0.4, 0.5) is 10.2 Å². The molecule has 0 aromatic carbocycles. The molecular weight excluding hydrogens is 176 g/mol. The molecule has 68 valence electrons. The zero-order chi connectivity index (χ0) is 9.72. The summed E-state index contributed by atoms with van der Waals surface area (Å²) in [5.74, 6) is 0.192. The molecule has 0 aliphatic rings. The Hall–Kier alpha value is -0.760. The second kappa shape index (κ2) is 4.99. The number of nitrogen functional groups attached to an aromatic ring is 1. The van der Waals surface area contributed by atoms with Gasteiger partial charge in [0.1, 0.15) is 5.82 Å². The second-order valence-corrected chi connectivity index (χ2v) is 2.43. The first-order chi connectivity index (χ1) is 5.61. The van der Waals surface area contributed by atoms with Crippen molar-refractivity contribution in [3.05, 3.63) is 11.6 Å². The lowest BCUT2D eigenvalue weighted by Gasteiger charge is -1.99. The molecule has 5 heteroatoms. The van der Waals surface area contributed by atoms with Gasteiger partial charge in [-0.2, -0.15) is 9.37 Å². The molecule has 3 nitrogen and oxygen atoms in total. The molecule has 0 saturated heterocycles. The smallest absolute Gasteiger partial charge is 0.311 e. The van der Waals surface area contributed by atoms with Crippen LogP contribution in [0.15, 0.2) is 0 Å². The van der Waals surface area contributed by atoms with Crippen LogP contribution in [0.3, 0.4) is 0 Å². The van der Waals surface area contributed by atoms with Crippen molar-refractivity contribution in [3.8, 4) is 0 Å². The number of nitrogens with two attached hydrogens (primary N) is 1. The van der Waals surface area contributed by atoms with Crippen molar-refractivity contribution in [3.63, 3.8) is 0 Å². The van der Waals surface area contributed by atoms with E-state index in [1.165, 1.54) is 0 Å². The number of halogens is 1. The van der Waals surface area contributed by atoms with E-state index >= 15 is 0 Å². The molecular formula is C7H13FN3P. The van der Waals surface area contributed by atoms with Crippen molar-refractivity contribution < 1.29 is 4.39 Å². The van der Waals surface area contributed by atoms with Crippen LogP contribution in [0.5, 0.6) is 0 Å². The molecule has 1 aromatic heterocycles. The minimum Gasteiger partial charge on any atom is -0.383 e. The minimum absolute atomic E-state index is 0.192. The zero-order valence-corrected chi connectivity index (χ0v) is 8.58. The highest BCUT2D eigenvalue weighted by molar-refractivity contribution is 7.27. The van der Waals surface area contributed by atoms with Gasteiger partial charge in [-0.15, -0.1) is 0 Å². The molecule has 1 heterocycles. The summed E-state index contributed by atoms with van der Waals surface area (Å²) < 4.78 is 12.3. The predicted molar refractivity (Wildman–Crippen MR) is 51.8 cm³/mol. The van der Waals surface area contributed by atoms with E-state index in [2.05, 4.69) is 19.2 Å². The van der Waals surface area contributed by atoms with E-state index in [0.717, 1.165) is 0 Å². The monoisotopic (exact) mass is 189 g/mol. The third-order valence-electron chi connectivity index (χ3n) is 1.19. The summed E-state index contributed by atoms with van der Waals surface area (Å²) in [4.78, 5) is 6.76. The maximum absolute atomic E-state index is 12.3. The van der Waals surface area contributed by atoms with E-state index in [0.29, 0.717) is 11.0 Å². The highest BCUT2D eigenvalue weighted by Gasteiger charge is 2.02. The van der Waals surface area contributed by atoms with Crippen LogP contribution in [-0.4, -0.2) is 9.97 Å². The highest BCUT2D eigenvalue weighted by Crippen LogP contribution is 2.04. The third-order valence-corrected chi connectivity index (χ3v) is 1.76. The molecule has 0 amide bonds. The van der Waals surface area contributed by atoms with Gasteiger partial charge in [-0.3, -0.25) is 0 Å². The fourth-order valence-corrected chi connectivity index (χ4v) is 0.777. The Kier molecular flexibility index (Phi) is 4.67. The average Bonchev–Trinajstić information content (AvgIpc) is 2.04. The largest absolute Gasteiger partial charge is 0.383 e. The molecule has 0 bridgehead atoms. The molecule has 0 fully saturated rings. The summed E-state index contributed by atoms with van der Waals surface area (Å²) in [6, 6.07) is 0. The van der Waals surface area contributed by atoms with E-state index in [9.17, 15) is 4.39 Å². The van der Waals surface area contributed by atoms with Crippen molar-refractivity contribution in [2.75, 3.05) is 5.73 Å². The maximum Gasteiger partial charge on any atom is 0.311 e. The van der Waals surface area contributed by atoms with Gasteiger partial charge in [-0.05, 0) is 6.92 Å². The molecule has 1 aromatic rings. The second-order valence-electron chi connectivity index (χ2n) is 1.89. The number of nitrogens with zero attached hydrogens (tertiary/aromatic N) is 2. The lowest BCUT2D eigenvalue weighted by atomic mass is 10.3. The Labute approximate surface area is 73.8 Å². The van der Waals surface area contributed by atoms with Gasteiger partial charge < -0.3 is 5.73 Å². The molecule has 0 radical (unpaired) electrons. The topological polar surface area (TPSA) is 51.8 Å². The number of hydrogen-bond acceptors (Lipinski definition) is 3. The number of aromatic nitrogens is 2. The molecule has 0 aliphatic heterocycles. The molecule has 1 atom stereocenters. The summed E-state index contributed by atoms with van der Waals surface area (Å²) >= 11 is 0. The molecule has 0 saturated carbocycles. The van der Waals surface area contributed by atoms with Crippen LogP contribution in [0, 0.1) is 13.0 Å². The van der Waals surface area contributed by atoms with Crippen molar-refractivity contribution in [1.29, 1.82) is 0 Å². The van der Waals surface area contributed by atoms with Crippen LogP contribution in [0.1, 0.15) is 19.4 Å². The van der Waals surface area contributed by atoms with Crippen molar-refractivity contribution in [2.45, 2.75) is 20.8 Å². The molecule has 1 rings (SSSR count). The lowest BCUT2D eigenvalue weighted by molar-refractivity contribution is 0.543. The van der Waals surface area contributed by atoms with Crippen molar-refractivity contribution in [1.82, 2.24) is 9.97 Å². The Balaban J connectivity index is 0.000000561. The van der Waals surface area contributed by atoms with Crippen molar-refractivity contribution in [2.24, 2.45) is 0 Å². The summed E-state index contributed by atoms with van der Waals surface area (Å²) in [6.07, 6.45) is -0.784. The Morgan fingerprint density at radius 2 is 1.83 bits per heavy atom. The Morgan fingerprint density at radius 1 is 1.33 bits per heavy atom. The Bertz CT molecular complexity index is 242. The first kappa shape index (κ1) is 11.2. The fourth-order valence-electron chi connectivity index (χ4n) is 0.523. The van der Waals surface area contributed by atoms with Crippen LogP contribution >= 0.6 is 9.24 Å². The maximum atomic E-state index is 12.3. The normalized spacial score (nSPS) is 8.75. The van der Waals surface area contributed by atoms with Gasteiger partial charge in [0, 0.05) is 5.56 Å². The molecule has 12 heavy (non-hydrogen) atoms. The van der Waals surface area contributed by atoms with Gasteiger partial charge in [-0.1, -0.05) is 23.1 Å². The van der Waals surface area contributed by atoms with Crippen LogP contribution in [0.25, 0.3) is 0 Å². The summed E-state index contributed by atoms with van der Waals surface area (Å²) in [5, 5.41) is 0. The number of hydrogen-bond donors (Lipinski definition) is 1. The highest BCUT2D eigenvalue weighted by atomic mass is 31.0. The number of rotatable bonds is 0. The quantitative estimate of drug-likeness (QED) is 0.490. The Morgan fingerprint density at radius 3 is 2.25 bits per heavy atom. The van der Waals surface area contributed by atoms with Gasteiger partial charge in [0.2, 0.25) is 0 Å². The van der Waals surface area contributed by atoms with E-state index < -0.39 is 6.08 Å². The first-order valence-corrected chi connectivity index (χ1v) is 4.24. The summed E-state index contributed by atoms with van der Waals surface area (Å²) in [5.41, 5.74) is 6.52. The molecule has 2 N–H and O–H groups in total. The summed E-state index contributed by atoms with van der Waals surface area (Å²) in [7, 11) is 2.28. The van der Waals surface area contributed by atoms with Gasteiger partial charge >= 0.3 is 6.08 Å².